The van der Waals surface area contributed by atoms with Gasteiger partial charge < -0.3 is 0 Å². The molecule has 1 fully saturated rings. The molecule has 1 aliphatic rings. The molecule has 4 rings (SSSR count). The van der Waals surface area contributed by atoms with Crippen LogP contribution in [0, 0.1) is 0 Å². The maximum absolute atomic E-state index is 3.13. The van der Waals surface area contributed by atoms with E-state index in [1.165, 1.54) is 33.7 Å². The van der Waals surface area contributed by atoms with E-state index in [-0.39, 0.29) is 0 Å². The van der Waals surface area contributed by atoms with Crippen molar-refractivity contribution in [1.29, 1.82) is 0 Å². The number of hydrogen-bond acceptors (Lipinski definition) is 2. The molecule has 1 aliphatic heterocycles. The molecule has 0 N–H and O–H groups in total. The third kappa shape index (κ3) is 3.87. The zero-order valence-corrected chi connectivity index (χ0v) is 25.5. The van der Waals surface area contributed by atoms with Crippen molar-refractivity contribution in [1.82, 2.24) is 0 Å². The molecule has 0 spiro atoms. The third-order valence-electron chi connectivity index (χ3n) is 7.74. The first kappa shape index (κ1) is 24.6. The molecule has 0 unspecified atom stereocenters. The Hall–Kier alpha value is -0.554. The van der Waals surface area contributed by atoms with Gasteiger partial charge in [0.1, 0.15) is 0 Å². The Balaban J connectivity index is 2.20. The first-order valence-corrected chi connectivity index (χ1v) is 23.8. The standard InChI is InChI=1S/C28H36Ge2S2/c1-4-29(5-2,6-3)28(31-23-16-24-32-28)30(25-17-10-7-11-18-25,26-19-12-8-13-20-26)27-21-14-9-15-22-27/h7-15,17-22H,4-6,16,23-24H2,1-3H3. The van der Waals surface area contributed by atoms with Crippen molar-refractivity contribution >= 4 is 63.2 Å². The molecule has 168 valence electrons. The second-order valence-corrected chi connectivity index (χ2v) is 36.7. The molecule has 0 radical (unpaired) electrons. The van der Waals surface area contributed by atoms with Gasteiger partial charge in [-0.1, -0.05) is 0 Å². The summed E-state index contributed by atoms with van der Waals surface area (Å²) in [4.78, 5) is 0. The van der Waals surface area contributed by atoms with E-state index in [2.05, 4.69) is 135 Å². The van der Waals surface area contributed by atoms with E-state index < -0.39 is 26.5 Å². The zero-order chi connectivity index (χ0) is 22.5. The van der Waals surface area contributed by atoms with Gasteiger partial charge in [0.2, 0.25) is 0 Å². The van der Waals surface area contributed by atoms with Crippen molar-refractivity contribution in [2.75, 3.05) is 11.5 Å². The fourth-order valence-corrected chi connectivity index (χ4v) is 62.3. The van der Waals surface area contributed by atoms with Crippen molar-refractivity contribution in [3.8, 4) is 0 Å². The molecule has 1 heterocycles. The summed E-state index contributed by atoms with van der Waals surface area (Å²) in [5.74, 6) is 2.64. The summed E-state index contributed by atoms with van der Waals surface area (Å²) in [5, 5.41) is 4.27. The van der Waals surface area contributed by atoms with Crippen molar-refractivity contribution in [3.05, 3.63) is 91.0 Å². The second kappa shape index (κ2) is 10.8. The summed E-state index contributed by atoms with van der Waals surface area (Å²) in [6.45, 7) is 7.62. The molecule has 32 heavy (non-hydrogen) atoms. The van der Waals surface area contributed by atoms with Gasteiger partial charge in [0.05, 0.1) is 0 Å². The summed E-state index contributed by atoms with van der Waals surface area (Å²) in [6, 6.07) is 35.3. The van der Waals surface area contributed by atoms with Crippen LogP contribution in [0.1, 0.15) is 27.2 Å². The summed E-state index contributed by atoms with van der Waals surface area (Å²) in [7, 11) is 0. The van der Waals surface area contributed by atoms with Gasteiger partial charge in [0, 0.05) is 0 Å². The molecule has 3 aromatic rings. The van der Waals surface area contributed by atoms with Crippen LogP contribution in [0.15, 0.2) is 91.0 Å². The zero-order valence-electron chi connectivity index (χ0n) is 19.7. The van der Waals surface area contributed by atoms with Crippen LogP contribution in [0.2, 0.25) is 15.8 Å². The maximum atomic E-state index is 2.54. The third-order valence-corrected chi connectivity index (χ3v) is 52.5. The van der Waals surface area contributed by atoms with E-state index in [0.717, 1.165) is 0 Å². The van der Waals surface area contributed by atoms with E-state index in [4.69, 9.17) is 0 Å². The van der Waals surface area contributed by atoms with Crippen LogP contribution in [0.4, 0.5) is 0 Å². The molecule has 3 aromatic carbocycles. The SMILES string of the molecule is C[CH2][Ge]([CH2]C)([CH2]C)[C]1([Ge]([c]2ccccc2)([c]2ccccc2)[c]2ccccc2)SCCCS1. The van der Waals surface area contributed by atoms with Gasteiger partial charge in [-0.3, -0.25) is 0 Å². The van der Waals surface area contributed by atoms with Gasteiger partial charge in [-0.25, -0.2) is 0 Å². The minimum absolute atomic E-state index is 0.376. The number of hydrogen-bond donors (Lipinski definition) is 0. The van der Waals surface area contributed by atoms with E-state index in [9.17, 15) is 0 Å². The van der Waals surface area contributed by atoms with Crippen LogP contribution >= 0.6 is 23.5 Å². The van der Waals surface area contributed by atoms with Gasteiger partial charge >= 0.3 is 210 Å². The van der Waals surface area contributed by atoms with Gasteiger partial charge in [0.15, 0.2) is 0 Å². The molecule has 1 saturated heterocycles. The predicted octanol–water partition coefficient (Wildman–Crippen LogP) is 6.31. The van der Waals surface area contributed by atoms with E-state index in [1.54, 1.807) is 13.2 Å². The minimum atomic E-state index is -3.13. The Morgan fingerprint density at radius 1 is 0.594 bits per heavy atom. The molecule has 0 nitrogen and oxygen atoms in total. The summed E-state index contributed by atoms with van der Waals surface area (Å²) < 4.78 is 5.33. The molecule has 0 saturated carbocycles. The Labute approximate surface area is 209 Å². The van der Waals surface area contributed by atoms with Gasteiger partial charge in [-0.15, -0.1) is 0 Å². The Bertz CT molecular complexity index is 861. The van der Waals surface area contributed by atoms with Crippen LogP contribution in [0.25, 0.3) is 0 Å². The molecular formula is C28H36Ge2S2. The van der Waals surface area contributed by atoms with Gasteiger partial charge in [-0.2, -0.15) is 0 Å². The number of rotatable bonds is 8. The fourth-order valence-electron chi connectivity index (χ4n) is 6.04. The quantitative estimate of drug-likeness (QED) is 0.286. The monoisotopic (exact) mass is 584 g/mol. The Morgan fingerprint density at radius 2 is 0.938 bits per heavy atom. The molecular weight excluding hydrogens is 546 g/mol. The predicted molar refractivity (Wildman–Crippen MR) is 153 cm³/mol. The van der Waals surface area contributed by atoms with Crippen molar-refractivity contribution < 1.29 is 0 Å². The molecule has 0 bridgehead atoms. The van der Waals surface area contributed by atoms with Crippen molar-refractivity contribution in [2.45, 2.75) is 44.7 Å². The second-order valence-electron chi connectivity index (χ2n) is 8.86. The average molecular weight is 582 g/mol. The van der Waals surface area contributed by atoms with Crippen LogP contribution in [0.5, 0.6) is 0 Å². The summed E-state index contributed by atoms with van der Waals surface area (Å²) in [5.41, 5.74) is 0. The van der Waals surface area contributed by atoms with Crippen LogP contribution < -0.4 is 13.2 Å². The van der Waals surface area contributed by atoms with Crippen LogP contribution in [-0.4, -0.2) is 39.8 Å². The Morgan fingerprint density at radius 3 is 1.25 bits per heavy atom. The van der Waals surface area contributed by atoms with Crippen LogP contribution in [-0.2, 0) is 0 Å². The first-order valence-electron chi connectivity index (χ1n) is 12.1. The Kier molecular flexibility index (Phi) is 8.29. The molecule has 4 heteroatoms. The number of thioether (sulfide) groups is 2. The first-order chi connectivity index (χ1) is 15.7. The van der Waals surface area contributed by atoms with Crippen molar-refractivity contribution in [2.24, 2.45) is 0 Å². The van der Waals surface area contributed by atoms with Gasteiger partial charge in [0.25, 0.3) is 0 Å². The van der Waals surface area contributed by atoms with E-state index >= 15 is 0 Å². The number of benzene rings is 3. The van der Waals surface area contributed by atoms with Crippen molar-refractivity contribution in [3.63, 3.8) is 0 Å². The van der Waals surface area contributed by atoms with E-state index in [1.807, 2.05) is 0 Å². The average Bonchev–Trinajstić information content (AvgIpc) is 2.88. The van der Waals surface area contributed by atoms with Gasteiger partial charge in [-0.05, 0) is 0 Å². The summed E-state index contributed by atoms with van der Waals surface area (Å²) in [6.07, 6.45) is 1.35. The van der Waals surface area contributed by atoms with Crippen LogP contribution in [0.3, 0.4) is 0 Å². The molecule has 0 aliphatic carbocycles. The van der Waals surface area contributed by atoms with E-state index in [0.29, 0.717) is 1.74 Å². The topological polar surface area (TPSA) is 0 Å². The normalized spacial score (nSPS) is 16.6. The fraction of sp³-hybridized carbons (Fsp3) is 0.357. The molecule has 0 aromatic heterocycles. The summed E-state index contributed by atoms with van der Waals surface area (Å²) >= 11 is -0.628. The molecule has 0 amide bonds. The molecule has 0 atom stereocenters.